The molecule has 1 heterocycles. The number of methoxy groups -OCH3 is 1. The number of hydrogen-bond donors (Lipinski definition) is 1. The van der Waals surface area contributed by atoms with Crippen molar-refractivity contribution in [3.8, 4) is 5.75 Å². The summed E-state index contributed by atoms with van der Waals surface area (Å²) in [7, 11) is 1.64. The summed E-state index contributed by atoms with van der Waals surface area (Å²) in [4.78, 5) is 14.2. The van der Waals surface area contributed by atoms with E-state index < -0.39 is 0 Å². The molecule has 0 unspecified atom stereocenters. The predicted molar refractivity (Wildman–Crippen MR) is 88.5 cm³/mol. The molecule has 1 saturated heterocycles. The summed E-state index contributed by atoms with van der Waals surface area (Å²) in [5.74, 6) is 0.894. The van der Waals surface area contributed by atoms with Crippen LogP contribution in [0, 0.1) is 0 Å². The van der Waals surface area contributed by atoms with Crippen molar-refractivity contribution in [2.45, 2.75) is 18.4 Å². The molecule has 120 valence electrons. The molecule has 0 spiro atoms. The molecule has 2 aromatic rings. The van der Waals surface area contributed by atoms with Crippen LogP contribution in [0.15, 0.2) is 54.6 Å². The molecule has 1 fully saturated rings. The smallest absolute Gasteiger partial charge is 0.223 e. The number of nitrogens with zero attached hydrogens (tertiary/aromatic N) is 1. The number of ether oxygens (including phenoxy) is 1. The molecule has 3 rings (SSSR count). The number of aliphatic hydroxyl groups is 1. The quantitative estimate of drug-likeness (QED) is 0.922. The third-order valence-corrected chi connectivity index (χ3v) is 4.31. The van der Waals surface area contributed by atoms with Crippen LogP contribution in [0.3, 0.4) is 0 Å². The Hall–Kier alpha value is -2.33. The highest BCUT2D eigenvalue weighted by Crippen LogP contribution is 2.30. The number of benzene rings is 2. The lowest BCUT2D eigenvalue weighted by Gasteiger charge is -2.36. The van der Waals surface area contributed by atoms with E-state index in [-0.39, 0.29) is 17.9 Å². The molecule has 1 N–H and O–H groups in total. The molecular weight excluding hydrogens is 290 g/mol. The number of β-amino-alcohol motifs (C(OH)–C–C–N with tert-alkyl or cyclic N) is 1. The number of rotatable bonds is 5. The minimum Gasteiger partial charge on any atom is -0.497 e. The second kappa shape index (κ2) is 6.84. The van der Waals surface area contributed by atoms with Crippen molar-refractivity contribution >= 4 is 5.91 Å². The van der Waals surface area contributed by atoms with Crippen molar-refractivity contribution < 1.29 is 14.6 Å². The normalized spacial score (nSPS) is 15.8. The van der Waals surface area contributed by atoms with Crippen molar-refractivity contribution in [3.05, 3.63) is 65.7 Å². The first-order valence-corrected chi connectivity index (χ1v) is 7.82. The zero-order valence-electron chi connectivity index (χ0n) is 13.2. The van der Waals surface area contributed by atoms with Crippen molar-refractivity contribution in [2.75, 3.05) is 20.2 Å². The van der Waals surface area contributed by atoms with E-state index >= 15 is 0 Å². The molecule has 1 amide bonds. The zero-order valence-corrected chi connectivity index (χ0v) is 13.2. The van der Waals surface area contributed by atoms with Gasteiger partial charge in [0.2, 0.25) is 5.91 Å². The van der Waals surface area contributed by atoms with Gasteiger partial charge in [0.1, 0.15) is 5.75 Å². The van der Waals surface area contributed by atoms with Gasteiger partial charge in [-0.3, -0.25) is 4.79 Å². The van der Waals surface area contributed by atoms with Gasteiger partial charge in [0.15, 0.2) is 0 Å². The van der Waals surface area contributed by atoms with Crippen LogP contribution < -0.4 is 4.74 Å². The lowest BCUT2D eigenvalue weighted by atomic mass is 9.87. The fraction of sp³-hybridized carbons (Fsp3) is 0.316. The first-order chi connectivity index (χ1) is 11.2. The molecule has 1 aliphatic heterocycles. The van der Waals surface area contributed by atoms with Crippen LogP contribution in [0.25, 0.3) is 0 Å². The average Bonchev–Trinajstić information content (AvgIpc) is 2.57. The second-order valence-corrected chi connectivity index (χ2v) is 5.89. The van der Waals surface area contributed by atoms with E-state index in [1.165, 1.54) is 0 Å². The molecule has 0 radical (unpaired) electrons. The van der Waals surface area contributed by atoms with Crippen molar-refractivity contribution in [1.82, 2.24) is 4.90 Å². The highest BCUT2D eigenvalue weighted by Gasteiger charge is 2.30. The van der Waals surface area contributed by atoms with E-state index in [1.54, 1.807) is 12.0 Å². The Kier molecular flexibility index (Phi) is 4.63. The number of aliphatic hydroxyl groups excluding tert-OH is 1. The van der Waals surface area contributed by atoms with Crippen LogP contribution in [-0.2, 0) is 4.79 Å². The van der Waals surface area contributed by atoms with Crippen LogP contribution in [-0.4, -0.2) is 42.2 Å². The largest absolute Gasteiger partial charge is 0.497 e. The Labute approximate surface area is 136 Å². The van der Waals surface area contributed by atoms with Gasteiger partial charge in [-0.2, -0.15) is 0 Å². The number of carbonyl (C=O) groups is 1. The molecule has 1 atom stereocenters. The van der Waals surface area contributed by atoms with E-state index in [0.29, 0.717) is 19.5 Å². The molecule has 2 aromatic carbocycles. The standard InChI is InChI=1S/C19H21NO3/c1-23-17-9-7-15(8-10-17)18(14-5-3-2-4-6-14)11-19(22)20-12-16(21)13-20/h2-10,16,18,21H,11-13H2,1H3/t18-/m1/s1. The van der Waals surface area contributed by atoms with Gasteiger partial charge in [-0.25, -0.2) is 0 Å². The Bertz CT molecular complexity index is 648. The lowest BCUT2D eigenvalue weighted by molar-refractivity contribution is -0.141. The average molecular weight is 311 g/mol. The Balaban J connectivity index is 1.83. The molecule has 0 bridgehead atoms. The maximum Gasteiger partial charge on any atom is 0.223 e. The summed E-state index contributed by atoms with van der Waals surface area (Å²) in [5.41, 5.74) is 2.21. The van der Waals surface area contributed by atoms with Crippen molar-refractivity contribution in [2.24, 2.45) is 0 Å². The molecule has 1 aliphatic rings. The van der Waals surface area contributed by atoms with Gasteiger partial charge in [-0.1, -0.05) is 42.5 Å². The van der Waals surface area contributed by atoms with Gasteiger partial charge >= 0.3 is 0 Å². The molecule has 23 heavy (non-hydrogen) atoms. The van der Waals surface area contributed by atoms with E-state index in [4.69, 9.17) is 4.74 Å². The molecule has 4 nitrogen and oxygen atoms in total. The van der Waals surface area contributed by atoms with Crippen LogP contribution >= 0.6 is 0 Å². The Morgan fingerprint density at radius 3 is 2.30 bits per heavy atom. The number of amides is 1. The minimum absolute atomic E-state index is 0.00680. The first kappa shape index (κ1) is 15.6. The molecule has 0 saturated carbocycles. The van der Waals surface area contributed by atoms with E-state index in [1.807, 2.05) is 54.6 Å². The SMILES string of the molecule is COc1ccc([C@H](CC(=O)N2CC(O)C2)c2ccccc2)cc1. The summed E-state index contributed by atoms with van der Waals surface area (Å²) in [6, 6.07) is 17.9. The van der Waals surface area contributed by atoms with Crippen molar-refractivity contribution in [1.29, 1.82) is 0 Å². The molecular formula is C19H21NO3. The number of carbonyl (C=O) groups excluding carboxylic acids is 1. The highest BCUT2D eigenvalue weighted by molar-refractivity contribution is 5.78. The topological polar surface area (TPSA) is 49.8 Å². The van der Waals surface area contributed by atoms with Crippen LogP contribution in [0.2, 0.25) is 0 Å². The van der Waals surface area contributed by atoms with Crippen LogP contribution in [0.4, 0.5) is 0 Å². The predicted octanol–water partition coefficient (Wildman–Crippen LogP) is 2.42. The Morgan fingerprint density at radius 2 is 1.74 bits per heavy atom. The molecule has 4 heteroatoms. The molecule has 0 aromatic heterocycles. The lowest BCUT2D eigenvalue weighted by Crippen LogP contribution is -2.53. The Morgan fingerprint density at radius 1 is 1.13 bits per heavy atom. The summed E-state index contributed by atoms with van der Waals surface area (Å²) in [6.07, 6.45) is 0.0402. The summed E-state index contributed by atoms with van der Waals surface area (Å²) in [5, 5.41) is 9.39. The first-order valence-electron chi connectivity index (χ1n) is 7.82. The van der Waals surface area contributed by atoms with Crippen LogP contribution in [0.1, 0.15) is 23.5 Å². The fourth-order valence-corrected chi connectivity index (χ4v) is 2.91. The second-order valence-electron chi connectivity index (χ2n) is 5.89. The summed E-state index contributed by atoms with van der Waals surface area (Å²) in [6.45, 7) is 0.895. The third-order valence-electron chi connectivity index (χ3n) is 4.31. The maximum atomic E-state index is 12.4. The van der Waals surface area contributed by atoms with Crippen molar-refractivity contribution in [3.63, 3.8) is 0 Å². The van der Waals surface area contributed by atoms with Crippen LogP contribution in [0.5, 0.6) is 5.75 Å². The fourth-order valence-electron chi connectivity index (χ4n) is 2.91. The minimum atomic E-state index is -0.366. The van der Waals surface area contributed by atoms with E-state index in [0.717, 1.165) is 16.9 Å². The van der Waals surface area contributed by atoms with Gasteiger partial charge < -0.3 is 14.7 Å². The highest BCUT2D eigenvalue weighted by atomic mass is 16.5. The zero-order chi connectivity index (χ0) is 16.2. The third kappa shape index (κ3) is 3.54. The number of hydrogen-bond acceptors (Lipinski definition) is 3. The van der Waals surface area contributed by atoms with Gasteiger partial charge in [0.05, 0.1) is 13.2 Å². The molecule has 0 aliphatic carbocycles. The van der Waals surface area contributed by atoms with Gasteiger partial charge in [-0.05, 0) is 23.3 Å². The van der Waals surface area contributed by atoms with Gasteiger partial charge in [0, 0.05) is 25.4 Å². The number of likely N-dealkylation sites (tertiary alicyclic amines) is 1. The van der Waals surface area contributed by atoms with Gasteiger partial charge in [-0.15, -0.1) is 0 Å². The summed E-state index contributed by atoms with van der Waals surface area (Å²) >= 11 is 0. The van der Waals surface area contributed by atoms with E-state index in [9.17, 15) is 9.90 Å². The maximum absolute atomic E-state index is 12.4. The monoisotopic (exact) mass is 311 g/mol. The van der Waals surface area contributed by atoms with Gasteiger partial charge in [0.25, 0.3) is 0 Å². The van der Waals surface area contributed by atoms with E-state index in [2.05, 4.69) is 0 Å². The summed E-state index contributed by atoms with van der Waals surface area (Å²) < 4.78 is 5.21.